The SMILES string of the molecule is Cc1c(C(C)C)nc(N)c(C#N)c1-c1ccncc1. The van der Waals surface area contributed by atoms with E-state index in [1.165, 1.54) is 0 Å². The first-order valence-electron chi connectivity index (χ1n) is 6.16. The van der Waals surface area contributed by atoms with Gasteiger partial charge in [-0.15, -0.1) is 0 Å². The maximum absolute atomic E-state index is 9.33. The minimum atomic E-state index is 0.260. The number of nitrogen functional groups attached to an aromatic ring is 1. The standard InChI is InChI=1S/C15H16N4/c1-9(2)14-10(3)13(11-4-6-18-7-5-11)12(8-16)15(17)19-14/h4-7,9H,1-3H3,(H2,17,19). The Balaban J connectivity index is 2.81. The van der Waals surface area contributed by atoms with Gasteiger partial charge in [0.25, 0.3) is 0 Å². The molecule has 0 aromatic carbocycles. The molecular weight excluding hydrogens is 236 g/mol. The van der Waals surface area contributed by atoms with Crippen LogP contribution in [0.2, 0.25) is 0 Å². The molecule has 0 radical (unpaired) electrons. The van der Waals surface area contributed by atoms with Crippen LogP contribution in [0.15, 0.2) is 24.5 Å². The summed E-state index contributed by atoms with van der Waals surface area (Å²) in [6, 6.07) is 5.92. The van der Waals surface area contributed by atoms with Gasteiger partial charge in [0, 0.05) is 23.7 Å². The monoisotopic (exact) mass is 252 g/mol. The molecule has 0 fully saturated rings. The van der Waals surface area contributed by atoms with Crippen LogP contribution in [-0.2, 0) is 0 Å². The lowest BCUT2D eigenvalue weighted by molar-refractivity contribution is 0.814. The van der Waals surface area contributed by atoms with Gasteiger partial charge in [-0.3, -0.25) is 4.98 Å². The van der Waals surface area contributed by atoms with Gasteiger partial charge in [-0.2, -0.15) is 5.26 Å². The van der Waals surface area contributed by atoms with Crippen LogP contribution in [0.1, 0.15) is 36.6 Å². The second-order valence-electron chi connectivity index (χ2n) is 4.76. The molecule has 2 N–H and O–H groups in total. The van der Waals surface area contributed by atoms with Crippen LogP contribution in [-0.4, -0.2) is 9.97 Å². The molecule has 0 atom stereocenters. The quantitative estimate of drug-likeness (QED) is 0.891. The Bertz CT molecular complexity index is 639. The zero-order valence-electron chi connectivity index (χ0n) is 11.3. The highest BCUT2D eigenvalue weighted by molar-refractivity contribution is 5.78. The lowest BCUT2D eigenvalue weighted by atomic mass is 9.92. The highest BCUT2D eigenvalue weighted by Gasteiger charge is 2.18. The summed E-state index contributed by atoms with van der Waals surface area (Å²) in [6.07, 6.45) is 3.42. The fourth-order valence-corrected chi connectivity index (χ4v) is 2.27. The molecule has 0 aliphatic rings. The first-order valence-corrected chi connectivity index (χ1v) is 6.16. The fraction of sp³-hybridized carbons (Fsp3) is 0.267. The number of hydrogen-bond acceptors (Lipinski definition) is 4. The van der Waals surface area contributed by atoms with Crippen LogP contribution >= 0.6 is 0 Å². The Morgan fingerprint density at radius 2 is 1.89 bits per heavy atom. The van der Waals surface area contributed by atoms with Gasteiger partial charge in [0.15, 0.2) is 0 Å². The lowest BCUT2D eigenvalue weighted by Gasteiger charge is -2.16. The Morgan fingerprint density at radius 3 is 2.42 bits per heavy atom. The number of hydrogen-bond donors (Lipinski definition) is 1. The van der Waals surface area contributed by atoms with Crippen molar-refractivity contribution in [3.63, 3.8) is 0 Å². The molecule has 0 unspecified atom stereocenters. The highest BCUT2D eigenvalue weighted by Crippen LogP contribution is 2.33. The summed E-state index contributed by atoms with van der Waals surface area (Å²) in [7, 11) is 0. The third kappa shape index (κ3) is 2.27. The smallest absolute Gasteiger partial charge is 0.142 e. The molecule has 4 nitrogen and oxygen atoms in total. The Hall–Kier alpha value is -2.41. The molecule has 2 aromatic heterocycles. The van der Waals surface area contributed by atoms with E-state index >= 15 is 0 Å². The number of nitrogens with zero attached hydrogens (tertiary/aromatic N) is 3. The van der Waals surface area contributed by atoms with Crippen molar-refractivity contribution in [2.75, 3.05) is 5.73 Å². The number of nitriles is 1. The second-order valence-corrected chi connectivity index (χ2v) is 4.76. The topological polar surface area (TPSA) is 75.6 Å². The zero-order chi connectivity index (χ0) is 14.0. The molecular formula is C15H16N4. The van der Waals surface area contributed by atoms with Crippen molar-refractivity contribution in [3.8, 4) is 17.2 Å². The maximum atomic E-state index is 9.33. The molecule has 0 aliphatic carbocycles. The summed E-state index contributed by atoms with van der Waals surface area (Å²) >= 11 is 0. The first-order chi connectivity index (χ1) is 9.06. The van der Waals surface area contributed by atoms with Crippen molar-refractivity contribution in [1.82, 2.24) is 9.97 Å². The van der Waals surface area contributed by atoms with Crippen LogP contribution < -0.4 is 5.73 Å². The van der Waals surface area contributed by atoms with E-state index < -0.39 is 0 Å². The van der Waals surface area contributed by atoms with Gasteiger partial charge >= 0.3 is 0 Å². The molecule has 0 aliphatic heterocycles. The first kappa shape index (κ1) is 13.0. The number of aromatic nitrogens is 2. The van der Waals surface area contributed by atoms with E-state index in [9.17, 15) is 5.26 Å². The number of nitrogens with two attached hydrogens (primary N) is 1. The molecule has 0 saturated carbocycles. The fourth-order valence-electron chi connectivity index (χ4n) is 2.27. The van der Waals surface area contributed by atoms with Gasteiger partial charge in [0.1, 0.15) is 17.5 Å². The minimum Gasteiger partial charge on any atom is -0.383 e. The van der Waals surface area contributed by atoms with Crippen LogP contribution in [0.4, 0.5) is 5.82 Å². The predicted molar refractivity (Wildman–Crippen MR) is 75.4 cm³/mol. The second kappa shape index (κ2) is 5.07. The zero-order valence-corrected chi connectivity index (χ0v) is 11.3. The minimum absolute atomic E-state index is 0.260. The normalized spacial score (nSPS) is 10.5. The van der Waals surface area contributed by atoms with Crippen LogP contribution in [0.3, 0.4) is 0 Å². The molecule has 2 heterocycles. The van der Waals surface area contributed by atoms with Gasteiger partial charge in [-0.05, 0) is 36.1 Å². The van der Waals surface area contributed by atoms with E-state index in [-0.39, 0.29) is 5.92 Å². The Kier molecular flexibility index (Phi) is 3.48. The average Bonchev–Trinajstić information content (AvgIpc) is 2.41. The molecule has 2 rings (SSSR count). The van der Waals surface area contributed by atoms with Gasteiger partial charge in [-0.25, -0.2) is 4.98 Å². The summed E-state index contributed by atoms with van der Waals surface area (Å²) < 4.78 is 0. The van der Waals surface area contributed by atoms with Crippen molar-refractivity contribution >= 4 is 5.82 Å². The van der Waals surface area contributed by atoms with E-state index in [1.54, 1.807) is 12.4 Å². The summed E-state index contributed by atoms with van der Waals surface area (Å²) in [4.78, 5) is 8.38. The summed E-state index contributed by atoms with van der Waals surface area (Å²) in [6.45, 7) is 6.12. The van der Waals surface area contributed by atoms with E-state index in [0.29, 0.717) is 11.4 Å². The van der Waals surface area contributed by atoms with Crippen molar-refractivity contribution < 1.29 is 0 Å². The highest BCUT2D eigenvalue weighted by atomic mass is 14.9. The van der Waals surface area contributed by atoms with Crippen molar-refractivity contribution in [3.05, 3.63) is 41.3 Å². The Morgan fingerprint density at radius 1 is 1.26 bits per heavy atom. The van der Waals surface area contributed by atoms with Crippen molar-refractivity contribution in [2.45, 2.75) is 26.7 Å². The molecule has 96 valence electrons. The van der Waals surface area contributed by atoms with Crippen molar-refractivity contribution in [1.29, 1.82) is 5.26 Å². The summed E-state index contributed by atoms with van der Waals surface area (Å²) in [5.41, 5.74) is 10.1. The third-order valence-electron chi connectivity index (χ3n) is 3.13. The van der Waals surface area contributed by atoms with Crippen LogP contribution in [0, 0.1) is 18.3 Å². The summed E-state index contributed by atoms with van der Waals surface area (Å²) in [5, 5.41) is 9.33. The molecule has 0 bridgehead atoms. The van der Waals surface area contributed by atoms with E-state index in [1.807, 2.05) is 19.1 Å². The van der Waals surface area contributed by atoms with Crippen molar-refractivity contribution in [2.24, 2.45) is 0 Å². The van der Waals surface area contributed by atoms with Crippen LogP contribution in [0.25, 0.3) is 11.1 Å². The van der Waals surface area contributed by atoms with Gasteiger partial charge in [0.05, 0.1) is 0 Å². The number of anilines is 1. The molecule has 4 heteroatoms. The molecule has 0 amide bonds. The Labute approximate surface area is 112 Å². The molecule has 0 spiro atoms. The average molecular weight is 252 g/mol. The largest absolute Gasteiger partial charge is 0.383 e. The summed E-state index contributed by atoms with van der Waals surface area (Å²) in [5.74, 6) is 0.555. The number of pyridine rings is 2. The lowest BCUT2D eigenvalue weighted by Crippen LogP contribution is -2.06. The molecule has 0 saturated heterocycles. The van der Waals surface area contributed by atoms with Gasteiger partial charge in [-0.1, -0.05) is 13.8 Å². The molecule has 19 heavy (non-hydrogen) atoms. The van der Waals surface area contributed by atoms with E-state index in [4.69, 9.17) is 5.73 Å². The maximum Gasteiger partial charge on any atom is 0.142 e. The molecule has 2 aromatic rings. The van der Waals surface area contributed by atoms with Gasteiger partial charge in [0.2, 0.25) is 0 Å². The third-order valence-corrected chi connectivity index (χ3v) is 3.13. The van der Waals surface area contributed by atoms with Gasteiger partial charge < -0.3 is 5.73 Å². The van der Waals surface area contributed by atoms with E-state index in [2.05, 4.69) is 29.9 Å². The van der Waals surface area contributed by atoms with Crippen LogP contribution in [0.5, 0.6) is 0 Å². The predicted octanol–water partition coefficient (Wildman–Crippen LogP) is 3.03. The van der Waals surface area contributed by atoms with E-state index in [0.717, 1.165) is 22.4 Å². The number of rotatable bonds is 2.